The van der Waals surface area contributed by atoms with Crippen molar-refractivity contribution in [3.05, 3.63) is 28.0 Å². The second-order valence-electron chi connectivity index (χ2n) is 5.77. The average Bonchev–Trinajstić information content (AvgIpc) is 2.28. The Morgan fingerprint density at radius 1 is 1.36 bits per heavy atom. The fourth-order valence-electron chi connectivity index (χ4n) is 1.71. The number of hydrogen-bond donors (Lipinski definition) is 1. The minimum Gasteiger partial charge on any atom is -0.444 e. The van der Waals surface area contributed by atoms with Crippen LogP contribution in [0.2, 0.25) is 5.15 Å². The fourth-order valence-corrected chi connectivity index (χ4v) is 2.04. The van der Waals surface area contributed by atoms with E-state index < -0.39 is 23.6 Å². The monoisotopic (exact) mass is 338 g/mol. The summed E-state index contributed by atoms with van der Waals surface area (Å²) in [6.07, 6.45) is -4.88. The van der Waals surface area contributed by atoms with Crippen molar-refractivity contribution in [3.8, 4) is 0 Å². The molecule has 0 aliphatic carbocycles. The predicted octanol–water partition coefficient (Wildman–Crippen LogP) is 4.13. The van der Waals surface area contributed by atoms with E-state index in [-0.39, 0.29) is 18.1 Å². The molecule has 0 saturated carbocycles. The van der Waals surface area contributed by atoms with Crippen LogP contribution < -0.4 is 5.32 Å². The molecule has 1 N–H and O–H groups in total. The SMILES string of the molecule is Cc1cc(C(F)(F)F)nc(Cl)c1CCNC(=O)OC(C)(C)C. The van der Waals surface area contributed by atoms with E-state index in [1.165, 1.54) is 6.92 Å². The number of carbonyl (C=O) groups is 1. The zero-order valence-electron chi connectivity index (χ0n) is 12.8. The Balaban J connectivity index is 2.70. The van der Waals surface area contributed by atoms with Gasteiger partial charge in [0.25, 0.3) is 0 Å². The lowest BCUT2D eigenvalue weighted by molar-refractivity contribution is -0.141. The molecule has 0 aromatic carbocycles. The predicted molar refractivity (Wildman–Crippen MR) is 76.9 cm³/mol. The van der Waals surface area contributed by atoms with Gasteiger partial charge in [-0.1, -0.05) is 11.6 Å². The number of alkyl halides is 3. The first-order valence-corrected chi connectivity index (χ1v) is 6.98. The number of aryl methyl sites for hydroxylation is 1. The minimum atomic E-state index is -4.54. The first kappa shape index (κ1) is 18.5. The molecule has 22 heavy (non-hydrogen) atoms. The third-order valence-electron chi connectivity index (χ3n) is 2.63. The number of aromatic nitrogens is 1. The molecule has 0 fully saturated rings. The number of carbonyl (C=O) groups excluding carboxylic acids is 1. The minimum absolute atomic E-state index is 0.183. The molecule has 1 aromatic heterocycles. The molecule has 0 bridgehead atoms. The van der Waals surface area contributed by atoms with Gasteiger partial charge in [0.2, 0.25) is 0 Å². The number of alkyl carbamates (subject to hydrolysis) is 1. The maximum Gasteiger partial charge on any atom is 0.433 e. The molecule has 4 nitrogen and oxygen atoms in total. The van der Waals surface area contributed by atoms with Gasteiger partial charge in [-0.25, -0.2) is 9.78 Å². The summed E-state index contributed by atoms with van der Waals surface area (Å²) in [5.41, 5.74) is -0.809. The third-order valence-corrected chi connectivity index (χ3v) is 2.94. The van der Waals surface area contributed by atoms with Crippen LogP contribution in [0.5, 0.6) is 0 Å². The summed E-state index contributed by atoms with van der Waals surface area (Å²) >= 11 is 5.81. The number of hydrogen-bond acceptors (Lipinski definition) is 3. The van der Waals surface area contributed by atoms with Crippen LogP contribution in [0.3, 0.4) is 0 Å². The Labute approximate surface area is 132 Å². The Morgan fingerprint density at radius 3 is 2.41 bits per heavy atom. The molecule has 0 radical (unpaired) electrons. The summed E-state index contributed by atoms with van der Waals surface area (Å²) in [7, 11) is 0. The number of ether oxygens (including phenoxy) is 1. The molecule has 0 spiro atoms. The van der Waals surface area contributed by atoms with Gasteiger partial charge in [-0.15, -0.1) is 0 Å². The highest BCUT2D eigenvalue weighted by Gasteiger charge is 2.33. The highest BCUT2D eigenvalue weighted by Crippen LogP contribution is 2.31. The normalized spacial score (nSPS) is 12.2. The summed E-state index contributed by atoms with van der Waals surface area (Å²) in [4.78, 5) is 14.8. The fraction of sp³-hybridized carbons (Fsp3) is 0.571. The molecule has 0 aliphatic heterocycles. The molecular weight excluding hydrogens is 321 g/mol. The van der Waals surface area contributed by atoms with Crippen LogP contribution in [0, 0.1) is 6.92 Å². The van der Waals surface area contributed by atoms with Gasteiger partial charge in [0.1, 0.15) is 16.4 Å². The lowest BCUT2D eigenvalue weighted by Crippen LogP contribution is -2.33. The number of rotatable bonds is 3. The van der Waals surface area contributed by atoms with Crippen LogP contribution in [0.4, 0.5) is 18.0 Å². The van der Waals surface area contributed by atoms with Crippen molar-refractivity contribution in [2.24, 2.45) is 0 Å². The van der Waals surface area contributed by atoms with Gasteiger partial charge in [-0.05, 0) is 51.3 Å². The van der Waals surface area contributed by atoms with Gasteiger partial charge in [-0.2, -0.15) is 13.2 Å². The third kappa shape index (κ3) is 5.71. The molecular formula is C14H18ClF3N2O2. The number of pyridine rings is 1. The summed E-state index contributed by atoms with van der Waals surface area (Å²) in [5, 5.41) is 2.31. The zero-order valence-corrected chi connectivity index (χ0v) is 13.5. The first-order chi connectivity index (χ1) is 9.90. The maximum atomic E-state index is 12.6. The number of halogens is 4. The van der Waals surface area contributed by atoms with Gasteiger partial charge >= 0.3 is 12.3 Å². The number of amides is 1. The molecule has 0 aliphatic rings. The van der Waals surface area contributed by atoms with Crippen molar-refractivity contribution in [1.29, 1.82) is 0 Å². The standard InChI is InChI=1S/C14H18ClF3N2O2/c1-8-7-10(14(16,17)18)20-11(15)9(8)5-6-19-12(21)22-13(2,3)4/h7H,5-6H2,1-4H3,(H,19,21). The van der Waals surface area contributed by atoms with Crippen molar-refractivity contribution >= 4 is 17.7 Å². The van der Waals surface area contributed by atoms with E-state index in [4.69, 9.17) is 16.3 Å². The molecule has 1 rings (SSSR count). The summed E-state index contributed by atoms with van der Waals surface area (Å²) in [6, 6.07) is 0.939. The highest BCUT2D eigenvalue weighted by atomic mass is 35.5. The number of nitrogens with one attached hydrogen (secondary N) is 1. The van der Waals surface area contributed by atoms with Gasteiger partial charge < -0.3 is 10.1 Å². The first-order valence-electron chi connectivity index (χ1n) is 6.60. The Morgan fingerprint density at radius 2 is 1.95 bits per heavy atom. The van der Waals surface area contributed by atoms with Gasteiger partial charge in [0.15, 0.2) is 0 Å². The van der Waals surface area contributed by atoms with Crippen LogP contribution in [0.1, 0.15) is 37.6 Å². The Bertz CT molecular complexity index is 531. The highest BCUT2D eigenvalue weighted by molar-refractivity contribution is 6.30. The van der Waals surface area contributed by atoms with E-state index in [0.717, 1.165) is 6.07 Å². The van der Waals surface area contributed by atoms with E-state index in [9.17, 15) is 18.0 Å². The van der Waals surface area contributed by atoms with Gasteiger partial charge in [0.05, 0.1) is 0 Å². The number of nitrogens with zero attached hydrogens (tertiary/aromatic N) is 1. The van der Waals surface area contributed by atoms with Crippen molar-refractivity contribution in [1.82, 2.24) is 10.3 Å². The van der Waals surface area contributed by atoms with Crippen LogP contribution in [-0.2, 0) is 17.3 Å². The molecule has 0 unspecified atom stereocenters. The quantitative estimate of drug-likeness (QED) is 0.843. The van der Waals surface area contributed by atoms with Crippen molar-refractivity contribution < 1.29 is 22.7 Å². The average molecular weight is 339 g/mol. The lowest BCUT2D eigenvalue weighted by atomic mass is 10.1. The van der Waals surface area contributed by atoms with E-state index in [1.807, 2.05) is 0 Å². The summed E-state index contributed by atoms with van der Waals surface area (Å²) in [6.45, 7) is 6.89. The molecule has 1 heterocycles. The van der Waals surface area contributed by atoms with Crippen molar-refractivity contribution in [2.75, 3.05) is 6.54 Å². The van der Waals surface area contributed by atoms with Crippen LogP contribution in [0.25, 0.3) is 0 Å². The maximum absolute atomic E-state index is 12.6. The van der Waals surface area contributed by atoms with Crippen LogP contribution in [-0.4, -0.2) is 23.2 Å². The molecule has 0 atom stereocenters. The van der Waals surface area contributed by atoms with Crippen molar-refractivity contribution in [2.45, 2.75) is 45.9 Å². The summed E-state index contributed by atoms with van der Waals surface area (Å²) < 4.78 is 42.9. The molecule has 1 aromatic rings. The second-order valence-corrected chi connectivity index (χ2v) is 6.13. The molecule has 124 valence electrons. The molecule has 1 amide bonds. The topological polar surface area (TPSA) is 51.2 Å². The van der Waals surface area contributed by atoms with Gasteiger partial charge in [0, 0.05) is 6.54 Å². The Kier molecular flexibility index (Phi) is 5.67. The van der Waals surface area contributed by atoms with E-state index in [1.54, 1.807) is 20.8 Å². The second kappa shape index (κ2) is 6.73. The van der Waals surface area contributed by atoms with E-state index in [0.29, 0.717) is 11.1 Å². The van der Waals surface area contributed by atoms with E-state index >= 15 is 0 Å². The van der Waals surface area contributed by atoms with Gasteiger partial charge in [-0.3, -0.25) is 0 Å². The summed E-state index contributed by atoms with van der Waals surface area (Å²) in [5.74, 6) is 0. The molecule has 8 heteroatoms. The zero-order chi connectivity index (χ0) is 17.1. The van der Waals surface area contributed by atoms with Crippen LogP contribution >= 0.6 is 11.6 Å². The van der Waals surface area contributed by atoms with Crippen LogP contribution in [0.15, 0.2) is 6.07 Å². The van der Waals surface area contributed by atoms with Crippen molar-refractivity contribution in [3.63, 3.8) is 0 Å². The molecule has 0 saturated heterocycles. The Hall–Kier alpha value is -1.50. The largest absolute Gasteiger partial charge is 0.444 e. The smallest absolute Gasteiger partial charge is 0.433 e. The lowest BCUT2D eigenvalue weighted by Gasteiger charge is -2.20. The van der Waals surface area contributed by atoms with E-state index in [2.05, 4.69) is 10.3 Å².